The monoisotopic (exact) mass is 194 g/mol. The van der Waals surface area contributed by atoms with Gasteiger partial charge in [-0.15, -0.1) is 0 Å². The summed E-state index contributed by atoms with van der Waals surface area (Å²) in [5, 5.41) is 9.15. The minimum atomic E-state index is 0.308. The van der Waals surface area contributed by atoms with Crippen molar-refractivity contribution in [2.24, 2.45) is 5.73 Å². The lowest BCUT2D eigenvalue weighted by molar-refractivity contribution is 0.269. The molecule has 78 valence electrons. The van der Waals surface area contributed by atoms with Crippen LogP contribution in [0.25, 0.3) is 0 Å². The van der Waals surface area contributed by atoms with E-state index in [0.29, 0.717) is 18.3 Å². The van der Waals surface area contributed by atoms with Crippen LogP contribution in [-0.4, -0.2) is 30.1 Å². The van der Waals surface area contributed by atoms with Gasteiger partial charge in [0.15, 0.2) is 0 Å². The standard InChI is InChI=1S/C11H18N2O/c1-9(13(2)8-7-12)10-3-5-11(14)6-4-10/h3-6,9,14H,7-8,12H2,1-2H3. The van der Waals surface area contributed by atoms with Gasteiger partial charge in [0.05, 0.1) is 0 Å². The number of aromatic hydroxyl groups is 1. The van der Waals surface area contributed by atoms with Gasteiger partial charge >= 0.3 is 0 Å². The fraction of sp³-hybridized carbons (Fsp3) is 0.455. The third-order valence-corrected chi connectivity index (χ3v) is 2.52. The highest BCUT2D eigenvalue weighted by molar-refractivity contribution is 5.27. The predicted octanol–water partition coefficient (Wildman–Crippen LogP) is 1.34. The van der Waals surface area contributed by atoms with Crippen LogP contribution in [0.3, 0.4) is 0 Å². The zero-order chi connectivity index (χ0) is 10.6. The first-order valence-corrected chi connectivity index (χ1v) is 4.84. The molecule has 1 atom stereocenters. The van der Waals surface area contributed by atoms with E-state index in [1.807, 2.05) is 19.2 Å². The second-order valence-electron chi connectivity index (χ2n) is 3.54. The van der Waals surface area contributed by atoms with E-state index >= 15 is 0 Å². The minimum Gasteiger partial charge on any atom is -0.508 e. The molecule has 0 spiro atoms. The van der Waals surface area contributed by atoms with Crippen molar-refractivity contribution in [3.8, 4) is 5.75 Å². The van der Waals surface area contributed by atoms with Crippen LogP contribution >= 0.6 is 0 Å². The molecule has 0 bridgehead atoms. The Morgan fingerprint density at radius 1 is 1.36 bits per heavy atom. The molecule has 0 amide bonds. The van der Waals surface area contributed by atoms with E-state index in [9.17, 15) is 0 Å². The highest BCUT2D eigenvalue weighted by Crippen LogP contribution is 2.20. The summed E-state index contributed by atoms with van der Waals surface area (Å²) in [6.07, 6.45) is 0. The third-order valence-electron chi connectivity index (χ3n) is 2.52. The summed E-state index contributed by atoms with van der Waals surface area (Å²) in [6.45, 7) is 3.67. The van der Waals surface area contributed by atoms with Crippen LogP contribution in [0.5, 0.6) is 5.75 Å². The van der Waals surface area contributed by atoms with Crippen LogP contribution < -0.4 is 5.73 Å². The number of phenolic OH excluding ortho intramolecular Hbond substituents is 1. The van der Waals surface area contributed by atoms with Crippen LogP contribution in [0.1, 0.15) is 18.5 Å². The zero-order valence-electron chi connectivity index (χ0n) is 8.77. The summed E-state index contributed by atoms with van der Waals surface area (Å²) in [5.41, 5.74) is 6.68. The van der Waals surface area contributed by atoms with Crippen LogP contribution in [0.2, 0.25) is 0 Å². The molecule has 0 aliphatic carbocycles. The van der Waals surface area contributed by atoms with E-state index < -0.39 is 0 Å². The van der Waals surface area contributed by atoms with E-state index in [1.165, 1.54) is 5.56 Å². The van der Waals surface area contributed by atoms with Gasteiger partial charge in [0.1, 0.15) is 5.75 Å². The molecule has 0 fully saturated rings. The molecule has 1 aromatic rings. The number of hydrogen-bond acceptors (Lipinski definition) is 3. The molecule has 3 N–H and O–H groups in total. The molecule has 1 aromatic carbocycles. The average Bonchev–Trinajstić information content (AvgIpc) is 2.18. The van der Waals surface area contributed by atoms with E-state index in [0.717, 1.165) is 6.54 Å². The first-order chi connectivity index (χ1) is 6.65. The van der Waals surface area contributed by atoms with E-state index in [2.05, 4.69) is 11.8 Å². The maximum atomic E-state index is 9.15. The second-order valence-corrected chi connectivity index (χ2v) is 3.54. The number of nitrogens with zero attached hydrogens (tertiary/aromatic N) is 1. The summed E-state index contributed by atoms with van der Waals surface area (Å²) in [4.78, 5) is 2.19. The first-order valence-electron chi connectivity index (χ1n) is 4.84. The third kappa shape index (κ3) is 2.72. The molecule has 0 aromatic heterocycles. The van der Waals surface area contributed by atoms with Crippen molar-refractivity contribution in [3.63, 3.8) is 0 Å². The van der Waals surface area contributed by atoms with Crippen LogP contribution in [0.15, 0.2) is 24.3 Å². The Morgan fingerprint density at radius 3 is 2.43 bits per heavy atom. The van der Waals surface area contributed by atoms with Crippen molar-refractivity contribution >= 4 is 0 Å². The number of benzene rings is 1. The Hall–Kier alpha value is -1.06. The summed E-state index contributed by atoms with van der Waals surface area (Å²) in [5.74, 6) is 0.308. The summed E-state index contributed by atoms with van der Waals surface area (Å²) >= 11 is 0. The molecule has 0 aliphatic rings. The molecule has 0 saturated heterocycles. The summed E-state index contributed by atoms with van der Waals surface area (Å²) in [6, 6.07) is 7.63. The van der Waals surface area contributed by atoms with Crippen LogP contribution in [0.4, 0.5) is 0 Å². The molecular weight excluding hydrogens is 176 g/mol. The Balaban J connectivity index is 2.68. The molecule has 1 rings (SSSR count). The number of likely N-dealkylation sites (N-methyl/N-ethyl adjacent to an activating group) is 1. The van der Waals surface area contributed by atoms with E-state index in [1.54, 1.807) is 12.1 Å². The van der Waals surface area contributed by atoms with Gasteiger partial charge in [-0.2, -0.15) is 0 Å². The van der Waals surface area contributed by atoms with Crippen LogP contribution in [-0.2, 0) is 0 Å². The lowest BCUT2D eigenvalue weighted by Gasteiger charge is -2.24. The topological polar surface area (TPSA) is 49.5 Å². The molecule has 1 unspecified atom stereocenters. The predicted molar refractivity (Wildman–Crippen MR) is 58.2 cm³/mol. The van der Waals surface area contributed by atoms with Crippen molar-refractivity contribution < 1.29 is 5.11 Å². The fourth-order valence-electron chi connectivity index (χ4n) is 1.40. The van der Waals surface area contributed by atoms with Crippen molar-refractivity contribution in [2.75, 3.05) is 20.1 Å². The first kappa shape index (κ1) is 11.0. The second kappa shape index (κ2) is 4.98. The van der Waals surface area contributed by atoms with Gasteiger partial charge in [0, 0.05) is 19.1 Å². The van der Waals surface area contributed by atoms with Crippen molar-refractivity contribution in [3.05, 3.63) is 29.8 Å². The Bertz CT molecular complexity index is 271. The van der Waals surface area contributed by atoms with Gasteiger partial charge in [0.25, 0.3) is 0 Å². The van der Waals surface area contributed by atoms with Gasteiger partial charge < -0.3 is 10.8 Å². The normalized spacial score (nSPS) is 13.1. The van der Waals surface area contributed by atoms with Crippen molar-refractivity contribution in [1.82, 2.24) is 4.90 Å². The zero-order valence-corrected chi connectivity index (χ0v) is 8.77. The minimum absolute atomic E-state index is 0.308. The molecule has 3 nitrogen and oxygen atoms in total. The quantitative estimate of drug-likeness (QED) is 0.760. The lowest BCUT2D eigenvalue weighted by Crippen LogP contribution is -2.28. The highest BCUT2D eigenvalue weighted by atomic mass is 16.3. The highest BCUT2D eigenvalue weighted by Gasteiger charge is 2.09. The molecule has 3 heteroatoms. The fourth-order valence-corrected chi connectivity index (χ4v) is 1.40. The Kier molecular flexibility index (Phi) is 3.92. The maximum absolute atomic E-state index is 9.15. The molecule has 0 saturated carbocycles. The number of phenols is 1. The molecular formula is C11H18N2O. The summed E-state index contributed by atoms with van der Waals surface area (Å²) < 4.78 is 0. The number of nitrogens with two attached hydrogens (primary N) is 1. The Morgan fingerprint density at radius 2 is 1.93 bits per heavy atom. The van der Waals surface area contributed by atoms with E-state index in [-0.39, 0.29) is 0 Å². The van der Waals surface area contributed by atoms with Crippen molar-refractivity contribution in [1.29, 1.82) is 0 Å². The lowest BCUT2D eigenvalue weighted by atomic mass is 10.1. The smallest absolute Gasteiger partial charge is 0.115 e. The molecule has 0 aliphatic heterocycles. The van der Waals surface area contributed by atoms with Gasteiger partial charge in [-0.25, -0.2) is 0 Å². The van der Waals surface area contributed by atoms with Gasteiger partial charge in [-0.3, -0.25) is 4.90 Å². The molecule has 0 radical (unpaired) electrons. The number of hydrogen-bond donors (Lipinski definition) is 2. The SMILES string of the molecule is CC(c1ccc(O)cc1)N(C)CCN. The van der Waals surface area contributed by atoms with Crippen LogP contribution in [0, 0.1) is 0 Å². The molecule has 0 heterocycles. The average molecular weight is 194 g/mol. The van der Waals surface area contributed by atoms with Gasteiger partial charge in [-0.1, -0.05) is 12.1 Å². The Labute approximate surface area is 85.2 Å². The van der Waals surface area contributed by atoms with Gasteiger partial charge in [-0.05, 0) is 31.7 Å². The van der Waals surface area contributed by atoms with Crippen molar-refractivity contribution in [2.45, 2.75) is 13.0 Å². The van der Waals surface area contributed by atoms with E-state index in [4.69, 9.17) is 10.8 Å². The molecule has 14 heavy (non-hydrogen) atoms. The maximum Gasteiger partial charge on any atom is 0.115 e. The number of rotatable bonds is 4. The summed E-state index contributed by atoms with van der Waals surface area (Å²) in [7, 11) is 2.05. The largest absolute Gasteiger partial charge is 0.508 e. The van der Waals surface area contributed by atoms with Gasteiger partial charge in [0.2, 0.25) is 0 Å².